The van der Waals surface area contributed by atoms with E-state index in [2.05, 4.69) is 32.7 Å². The smallest absolute Gasteiger partial charge is 0.128 e. The van der Waals surface area contributed by atoms with Gasteiger partial charge in [0.05, 0.1) is 0 Å². The van der Waals surface area contributed by atoms with Crippen LogP contribution in [0.1, 0.15) is 25.7 Å². The molecular formula is C14H22N4. The molecule has 0 radical (unpaired) electrons. The number of nitrogens with one attached hydrogen (secondary N) is 2. The second-order valence-corrected chi connectivity index (χ2v) is 5.30. The van der Waals surface area contributed by atoms with Crippen molar-refractivity contribution in [1.29, 1.82) is 0 Å². The molecular weight excluding hydrogens is 224 g/mol. The fourth-order valence-electron chi connectivity index (χ4n) is 3.26. The third-order valence-corrected chi connectivity index (χ3v) is 4.19. The van der Waals surface area contributed by atoms with Gasteiger partial charge in [-0.1, -0.05) is 12.5 Å². The second kappa shape index (κ2) is 5.14. The Labute approximate surface area is 109 Å². The van der Waals surface area contributed by atoms with Crippen molar-refractivity contribution in [3.63, 3.8) is 0 Å². The summed E-state index contributed by atoms with van der Waals surface area (Å²) in [6, 6.07) is 7.40. The number of fused-ring (bicyclic) bond motifs is 1. The highest BCUT2D eigenvalue weighted by Crippen LogP contribution is 2.29. The van der Waals surface area contributed by atoms with E-state index in [4.69, 9.17) is 0 Å². The molecule has 2 fully saturated rings. The number of anilines is 2. The van der Waals surface area contributed by atoms with Gasteiger partial charge < -0.3 is 10.6 Å². The predicted molar refractivity (Wildman–Crippen MR) is 75.0 cm³/mol. The van der Waals surface area contributed by atoms with Gasteiger partial charge in [0.2, 0.25) is 0 Å². The molecule has 2 aliphatic rings. The molecule has 2 aliphatic heterocycles. The van der Waals surface area contributed by atoms with Gasteiger partial charge in [0, 0.05) is 25.7 Å². The molecule has 0 bridgehead atoms. The average Bonchev–Trinajstić information content (AvgIpc) is 2.83. The molecule has 3 heterocycles. The Bertz CT molecular complexity index is 407. The molecule has 1 aromatic rings. The van der Waals surface area contributed by atoms with Crippen molar-refractivity contribution in [2.75, 3.05) is 30.8 Å². The third kappa shape index (κ3) is 2.29. The molecule has 2 N–H and O–H groups in total. The molecule has 3 rings (SSSR count). The zero-order valence-electron chi connectivity index (χ0n) is 11.0. The van der Waals surface area contributed by atoms with Gasteiger partial charge in [0.25, 0.3) is 0 Å². The van der Waals surface area contributed by atoms with Crippen molar-refractivity contribution < 1.29 is 0 Å². The fraction of sp³-hybridized carbons (Fsp3) is 0.643. The lowest BCUT2D eigenvalue weighted by Crippen LogP contribution is -2.41. The lowest BCUT2D eigenvalue weighted by Gasteiger charge is -2.32. The molecule has 1 aromatic heterocycles. The molecule has 2 saturated heterocycles. The van der Waals surface area contributed by atoms with Gasteiger partial charge >= 0.3 is 0 Å². The van der Waals surface area contributed by atoms with Crippen molar-refractivity contribution in [2.45, 2.75) is 37.8 Å². The van der Waals surface area contributed by atoms with E-state index in [0.717, 1.165) is 17.7 Å². The normalized spacial score (nSPS) is 27.8. The van der Waals surface area contributed by atoms with E-state index in [1.165, 1.54) is 38.8 Å². The molecule has 0 aromatic carbocycles. The topological polar surface area (TPSA) is 40.2 Å². The number of hydrogen-bond donors (Lipinski definition) is 2. The van der Waals surface area contributed by atoms with E-state index in [9.17, 15) is 0 Å². The maximum absolute atomic E-state index is 4.55. The monoisotopic (exact) mass is 246 g/mol. The van der Waals surface area contributed by atoms with E-state index in [1.54, 1.807) is 0 Å². The van der Waals surface area contributed by atoms with Crippen molar-refractivity contribution >= 4 is 11.6 Å². The van der Waals surface area contributed by atoms with Crippen molar-refractivity contribution in [1.82, 2.24) is 9.88 Å². The van der Waals surface area contributed by atoms with Gasteiger partial charge in [-0.25, -0.2) is 4.98 Å². The largest absolute Gasteiger partial charge is 0.373 e. The fourth-order valence-corrected chi connectivity index (χ4v) is 3.26. The van der Waals surface area contributed by atoms with Crippen LogP contribution in [0.25, 0.3) is 0 Å². The van der Waals surface area contributed by atoms with Crippen LogP contribution >= 0.6 is 0 Å². The summed E-state index contributed by atoms with van der Waals surface area (Å²) in [6.45, 7) is 2.53. The van der Waals surface area contributed by atoms with E-state index < -0.39 is 0 Å². The molecule has 2 unspecified atom stereocenters. The molecule has 4 nitrogen and oxygen atoms in total. The van der Waals surface area contributed by atoms with Gasteiger partial charge in [-0.2, -0.15) is 0 Å². The van der Waals surface area contributed by atoms with Crippen LogP contribution in [0.4, 0.5) is 11.6 Å². The molecule has 0 aliphatic carbocycles. The Morgan fingerprint density at radius 2 is 2.06 bits per heavy atom. The lowest BCUT2D eigenvalue weighted by atomic mass is 9.99. The highest BCUT2D eigenvalue weighted by Gasteiger charge is 2.35. The van der Waals surface area contributed by atoms with Crippen molar-refractivity contribution in [2.24, 2.45) is 0 Å². The summed E-state index contributed by atoms with van der Waals surface area (Å²) in [5.74, 6) is 1.93. The van der Waals surface area contributed by atoms with Crippen molar-refractivity contribution in [3.05, 3.63) is 18.2 Å². The zero-order chi connectivity index (χ0) is 12.4. The SMILES string of the molecule is CNc1cccc(NC2CCN3CCCCC23)n1. The standard InChI is InChI=1S/C14H22N4/c1-15-13-6-4-7-14(17-13)16-11-8-10-18-9-3-2-5-12(11)18/h4,6-7,11-12H,2-3,5,8-10H2,1H3,(H2,15,16,17). The van der Waals surface area contributed by atoms with E-state index >= 15 is 0 Å². The van der Waals surface area contributed by atoms with E-state index in [1.807, 2.05) is 13.1 Å². The summed E-state index contributed by atoms with van der Waals surface area (Å²) in [5.41, 5.74) is 0. The number of aromatic nitrogens is 1. The Morgan fingerprint density at radius 1 is 1.17 bits per heavy atom. The molecule has 98 valence electrons. The second-order valence-electron chi connectivity index (χ2n) is 5.30. The summed E-state index contributed by atoms with van der Waals surface area (Å²) in [7, 11) is 1.91. The molecule has 2 atom stereocenters. The minimum atomic E-state index is 0.574. The van der Waals surface area contributed by atoms with Gasteiger partial charge in [0.1, 0.15) is 11.6 Å². The van der Waals surface area contributed by atoms with Crippen LogP contribution in [0.2, 0.25) is 0 Å². The summed E-state index contributed by atoms with van der Waals surface area (Å²) in [5, 5.41) is 6.71. The van der Waals surface area contributed by atoms with Crippen LogP contribution in [-0.2, 0) is 0 Å². The quantitative estimate of drug-likeness (QED) is 0.857. The Balaban J connectivity index is 1.68. The first-order valence-corrected chi connectivity index (χ1v) is 7.02. The summed E-state index contributed by atoms with van der Waals surface area (Å²) >= 11 is 0. The third-order valence-electron chi connectivity index (χ3n) is 4.19. The molecule has 18 heavy (non-hydrogen) atoms. The molecule has 0 saturated carbocycles. The minimum absolute atomic E-state index is 0.574. The molecule has 4 heteroatoms. The van der Waals surface area contributed by atoms with E-state index in [-0.39, 0.29) is 0 Å². The highest BCUT2D eigenvalue weighted by atomic mass is 15.2. The van der Waals surface area contributed by atoms with Crippen LogP contribution in [0, 0.1) is 0 Å². The van der Waals surface area contributed by atoms with Gasteiger partial charge in [0.15, 0.2) is 0 Å². The number of rotatable bonds is 3. The van der Waals surface area contributed by atoms with Gasteiger partial charge in [-0.15, -0.1) is 0 Å². The van der Waals surface area contributed by atoms with Crippen LogP contribution < -0.4 is 10.6 Å². The average molecular weight is 246 g/mol. The number of nitrogens with zero attached hydrogens (tertiary/aromatic N) is 2. The number of pyridine rings is 1. The van der Waals surface area contributed by atoms with Crippen LogP contribution in [-0.4, -0.2) is 42.1 Å². The summed E-state index contributed by atoms with van der Waals surface area (Å²) in [4.78, 5) is 7.19. The minimum Gasteiger partial charge on any atom is -0.373 e. The molecule has 0 amide bonds. The Kier molecular flexibility index (Phi) is 3.37. The number of piperidine rings is 1. The van der Waals surface area contributed by atoms with Crippen molar-refractivity contribution in [3.8, 4) is 0 Å². The summed E-state index contributed by atoms with van der Waals surface area (Å²) < 4.78 is 0. The zero-order valence-corrected chi connectivity index (χ0v) is 11.0. The van der Waals surface area contributed by atoms with E-state index in [0.29, 0.717) is 6.04 Å². The maximum atomic E-state index is 4.55. The first-order chi connectivity index (χ1) is 8.86. The van der Waals surface area contributed by atoms with Crippen LogP contribution in [0.15, 0.2) is 18.2 Å². The highest BCUT2D eigenvalue weighted by molar-refractivity contribution is 5.45. The lowest BCUT2D eigenvalue weighted by molar-refractivity contribution is 0.192. The summed E-state index contributed by atoms with van der Waals surface area (Å²) in [6.07, 6.45) is 5.33. The number of hydrogen-bond acceptors (Lipinski definition) is 4. The Hall–Kier alpha value is -1.29. The van der Waals surface area contributed by atoms with Gasteiger partial charge in [-0.3, -0.25) is 4.90 Å². The first kappa shape index (κ1) is 11.8. The van der Waals surface area contributed by atoms with Crippen LogP contribution in [0.3, 0.4) is 0 Å². The van der Waals surface area contributed by atoms with Crippen LogP contribution in [0.5, 0.6) is 0 Å². The first-order valence-electron chi connectivity index (χ1n) is 7.02. The van der Waals surface area contributed by atoms with Gasteiger partial charge in [-0.05, 0) is 37.9 Å². The maximum Gasteiger partial charge on any atom is 0.128 e. The molecule has 0 spiro atoms. The predicted octanol–water partition coefficient (Wildman–Crippen LogP) is 2.16. The Morgan fingerprint density at radius 3 is 2.94 bits per heavy atom.